The van der Waals surface area contributed by atoms with Crippen LogP contribution in [0.2, 0.25) is 0 Å². The normalized spacial score (nSPS) is 11.7. The molecule has 0 saturated carbocycles. The van der Waals surface area contributed by atoms with Crippen molar-refractivity contribution in [1.29, 1.82) is 5.26 Å². The standard InChI is InChI=1S/C6H10N4/c7-2-1-3-10-5-6(9)4-8/h4-5H,1,3,8-9H2. The van der Waals surface area contributed by atoms with Gasteiger partial charge in [0.05, 0.1) is 24.7 Å². The average Bonchev–Trinajstić information content (AvgIpc) is 1.98. The molecule has 0 aromatic rings. The van der Waals surface area contributed by atoms with E-state index < -0.39 is 0 Å². The fourth-order valence-electron chi connectivity index (χ4n) is 0.328. The van der Waals surface area contributed by atoms with Gasteiger partial charge < -0.3 is 11.5 Å². The number of allylic oxidation sites excluding steroid dienone is 1. The predicted octanol–water partition coefficient (Wildman–Crippen LogP) is -0.270. The molecule has 0 fully saturated rings. The molecule has 0 heterocycles. The van der Waals surface area contributed by atoms with Gasteiger partial charge in [-0.1, -0.05) is 0 Å². The maximum absolute atomic E-state index is 8.09. The highest BCUT2D eigenvalue weighted by molar-refractivity contribution is 5.76. The van der Waals surface area contributed by atoms with Crippen molar-refractivity contribution >= 4 is 6.21 Å². The fourth-order valence-corrected chi connectivity index (χ4v) is 0.328. The van der Waals surface area contributed by atoms with E-state index >= 15 is 0 Å². The summed E-state index contributed by atoms with van der Waals surface area (Å²) in [5.74, 6) is 0. The van der Waals surface area contributed by atoms with Crippen molar-refractivity contribution in [2.24, 2.45) is 16.5 Å². The van der Waals surface area contributed by atoms with Gasteiger partial charge in [0.2, 0.25) is 0 Å². The first-order valence-electron chi connectivity index (χ1n) is 2.85. The third kappa shape index (κ3) is 4.65. The molecule has 0 radical (unpaired) electrons. The first-order valence-corrected chi connectivity index (χ1v) is 2.85. The highest BCUT2D eigenvalue weighted by atomic mass is 14.7. The number of nitrogens with two attached hydrogens (primary N) is 2. The summed E-state index contributed by atoms with van der Waals surface area (Å²) in [7, 11) is 0. The lowest BCUT2D eigenvalue weighted by atomic mass is 10.5. The van der Waals surface area contributed by atoms with Crippen LogP contribution in [-0.2, 0) is 0 Å². The van der Waals surface area contributed by atoms with Crippen LogP contribution >= 0.6 is 0 Å². The molecular weight excluding hydrogens is 128 g/mol. The Balaban J connectivity index is 3.49. The maximum atomic E-state index is 8.09. The van der Waals surface area contributed by atoms with Gasteiger partial charge in [0.1, 0.15) is 0 Å². The van der Waals surface area contributed by atoms with E-state index in [1.807, 2.05) is 6.07 Å². The second kappa shape index (κ2) is 5.63. The summed E-state index contributed by atoms with van der Waals surface area (Å²) >= 11 is 0. The second-order valence-electron chi connectivity index (χ2n) is 1.61. The van der Waals surface area contributed by atoms with Gasteiger partial charge in [0, 0.05) is 12.4 Å². The summed E-state index contributed by atoms with van der Waals surface area (Å²) in [5.41, 5.74) is 10.7. The molecule has 0 aliphatic rings. The number of nitriles is 1. The third-order valence-electron chi connectivity index (χ3n) is 0.786. The van der Waals surface area contributed by atoms with E-state index in [2.05, 4.69) is 4.99 Å². The molecule has 0 aliphatic carbocycles. The van der Waals surface area contributed by atoms with E-state index in [9.17, 15) is 0 Å². The monoisotopic (exact) mass is 138 g/mol. The van der Waals surface area contributed by atoms with E-state index in [1.54, 1.807) is 0 Å². The lowest BCUT2D eigenvalue weighted by Gasteiger charge is -1.86. The fraction of sp³-hybridized carbons (Fsp3) is 0.333. The number of aliphatic imine (C=N–C) groups is 1. The summed E-state index contributed by atoms with van der Waals surface area (Å²) in [6.45, 7) is 0.477. The van der Waals surface area contributed by atoms with Gasteiger partial charge in [0.15, 0.2) is 0 Å². The molecule has 0 rings (SSSR count). The van der Waals surface area contributed by atoms with Crippen LogP contribution in [0, 0.1) is 11.3 Å². The van der Waals surface area contributed by atoms with Gasteiger partial charge in [-0.25, -0.2) is 0 Å². The molecule has 4 nitrogen and oxygen atoms in total. The lowest BCUT2D eigenvalue weighted by Crippen LogP contribution is -2.01. The molecule has 4 heteroatoms. The molecule has 0 aliphatic heterocycles. The Bertz CT molecular complexity index is 175. The van der Waals surface area contributed by atoms with Crippen molar-refractivity contribution in [2.45, 2.75) is 6.42 Å². The van der Waals surface area contributed by atoms with Crippen LogP contribution in [0.15, 0.2) is 16.9 Å². The van der Waals surface area contributed by atoms with E-state index in [4.69, 9.17) is 16.7 Å². The molecule has 0 aromatic heterocycles. The topological polar surface area (TPSA) is 88.2 Å². The minimum Gasteiger partial charge on any atom is -0.403 e. The summed E-state index contributed by atoms with van der Waals surface area (Å²) in [4.78, 5) is 3.81. The largest absolute Gasteiger partial charge is 0.403 e. The molecule has 0 saturated heterocycles. The SMILES string of the molecule is N#CCCN=CC(N)=CN. The van der Waals surface area contributed by atoms with E-state index in [0.717, 1.165) is 0 Å². The molecule has 0 bridgehead atoms. The van der Waals surface area contributed by atoms with Crippen LogP contribution < -0.4 is 11.5 Å². The van der Waals surface area contributed by atoms with Crippen LogP contribution in [-0.4, -0.2) is 12.8 Å². The predicted molar refractivity (Wildman–Crippen MR) is 40.0 cm³/mol. The van der Waals surface area contributed by atoms with Gasteiger partial charge in [-0.2, -0.15) is 5.26 Å². The molecule has 0 amide bonds. The van der Waals surface area contributed by atoms with Crippen LogP contribution in [0.5, 0.6) is 0 Å². The van der Waals surface area contributed by atoms with Gasteiger partial charge in [-0.3, -0.25) is 4.99 Å². The van der Waals surface area contributed by atoms with Crippen molar-refractivity contribution in [3.8, 4) is 6.07 Å². The minimum atomic E-state index is 0.411. The van der Waals surface area contributed by atoms with Crippen LogP contribution in [0.1, 0.15) is 6.42 Å². The maximum Gasteiger partial charge on any atom is 0.0652 e. The minimum absolute atomic E-state index is 0.411. The number of nitrogens with zero attached hydrogens (tertiary/aromatic N) is 2. The second-order valence-corrected chi connectivity index (χ2v) is 1.61. The Kier molecular flexibility index (Phi) is 4.79. The highest BCUT2D eigenvalue weighted by Crippen LogP contribution is 1.78. The quantitative estimate of drug-likeness (QED) is 0.415. The smallest absolute Gasteiger partial charge is 0.0652 e. The first-order chi connectivity index (χ1) is 4.81. The molecule has 0 spiro atoms. The third-order valence-corrected chi connectivity index (χ3v) is 0.786. The zero-order valence-corrected chi connectivity index (χ0v) is 5.62. The summed E-state index contributed by atoms with van der Waals surface area (Å²) in [5, 5.41) is 8.09. The molecule has 10 heavy (non-hydrogen) atoms. The zero-order chi connectivity index (χ0) is 7.82. The van der Waals surface area contributed by atoms with Gasteiger partial charge in [0.25, 0.3) is 0 Å². The van der Waals surface area contributed by atoms with Crippen molar-refractivity contribution in [3.63, 3.8) is 0 Å². The molecule has 54 valence electrons. The summed E-state index contributed by atoms with van der Waals surface area (Å²) < 4.78 is 0. The Morgan fingerprint density at radius 2 is 2.40 bits per heavy atom. The van der Waals surface area contributed by atoms with Gasteiger partial charge >= 0.3 is 0 Å². The van der Waals surface area contributed by atoms with Crippen molar-refractivity contribution in [2.75, 3.05) is 6.54 Å². The van der Waals surface area contributed by atoms with Crippen molar-refractivity contribution in [1.82, 2.24) is 0 Å². The van der Waals surface area contributed by atoms with Crippen molar-refractivity contribution < 1.29 is 0 Å². The zero-order valence-electron chi connectivity index (χ0n) is 5.62. The molecule has 0 aromatic carbocycles. The van der Waals surface area contributed by atoms with Gasteiger partial charge in [-0.15, -0.1) is 0 Å². The Morgan fingerprint density at radius 3 is 2.90 bits per heavy atom. The Hall–Kier alpha value is -1.50. The van der Waals surface area contributed by atoms with E-state index in [1.165, 1.54) is 12.4 Å². The van der Waals surface area contributed by atoms with Crippen LogP contribution in [0.25, 0.3) is 0 Å². The number of hydrogen-bond acceptors (Lipinski definition) is 4. The number of rotatable bonds is 3. The molecular formula is C6H10N4. The lowest BCUT2D eigenvalue weighted by molar-refractivity contribution is 1.02. The van der Waals surface area contributed by atoms with Crippen LogP contribution in [0.3, 0.4) is 0 Å². The molecule has 4 N–H and O–H groups in total. The highest BCUT2D eigenvalue weighted by Gasteiger charge is 1.79. The number of hydrogen-bond donors (Lipinski definition) is 2. The molecule has 0 atom stereocenters. The Labute approximate surface area is 59.8 Å². The van der Waals surface area contributed by atoms with Crippen molar-refractivity contribution in [3.05, 3.63) is 11.9 Å². The molecule has 0 unspecified atom stereocenters. The average molecular weight is 138 g/mol. The van der Waals surface area contributed by atoms with Gasteiger partial charge in [-0.05, 0) is 0 Å². The summed E-state index contributed by atoms with van der Waals surface area (Å²) in [6.07, 6.45) is 3.11. The van der Waals surface area contributed by atoms with E-state index in [-0.39, 0.29) is 0 Å². The Morgan fingerprint density at radius 1 is 1.70 bits per heavy atom. The summed E-state index contributed by atoms with van der Waals surface area (Å²) in [6, 6.07) is 1.95. The van der Waals surface area contributed by atoms with E-state index in [0.29, 0.717) is 18.7 Å². The van der Waals surface area contributed by atoms with Crippen LogP contribution in [0.4, 0.5) is 0 Å². The first kappa shape index (κ1) is 8.50.